The van der Waals surface area contributed by atoms with Crippen molar-refractivity contribution in [1.29, 1.82) is 0 Å². The maximum atomic E-state index is 14.5. The molecule has 12 heteroatoms. The monoisotopic (exact) mass is 569 g/mol. The number of ketones is 1. The summed E-state index contributed by atoms with van der Waals surface area (Å²) in [5.74, 6) is -2.42. The molecule has 2 aromatic carbocycles. The SMILES string of the molecule is CCN(C(=O)Oc1ccc(F)cc1)[C@]1(C(=O)C2CCN(S(C)(=O)=O)CC2)CNC[C@H]1c1ccc(Cl)c(F)c1. The molecule has 0 spiro atoms. The van der Waals surface area contributed by atoms with Gasteiger partial charge in [0.1, 0.15) is 22.9 Å². The van der Waals surface area contributed by atoms with Crippen LogP contribution in [0.15, 0.2) is 42.5 Å². The second-order valence-corrected chi connectivity index (χ2v) is 12.0. The van der Waals surface area contributed by atoms with E-state index in [4.69, 9.17) is 16.3 Å². The van der Waals surface area contributed by atoms with Crippen molar-refractivity contribution in [3.8, 4) is 5.75 Å². The lowest BCUT2D eigenvalue weighted by Crippen LogP contribution is -2.64. The smallest absolute Gasteiger partial charge is 0.410 e. The van der Waals surface area contributed by atoms with Crippen LogP contribution in [-0.4, -0.2) is 74.0 Å². The van der Waals surface area contributed by atoms with E-state index in [1.54, 1.807) is 13.0 Å². The van der Waals surface area contributed by atoms with E-state index in [0.29, 0.717) is 18.4 Å². The topological polar surface area (TPSA) is 96.0 Å². The number of carbonyl (C=O) groups excluding carboxylic acids is 2. The van der Waals surface area contributed by atoms with E-state index in [2.05, 4.69) is 5.32 Å². The zero-order valence-corrected chi connectivity index (χ0v) is 22.7. The molecule has 2 aliphatic rings. The van der Waals surface area contributed by atoms with Crippen LogP contribution in [0.25, 0.3) is 0 Å². The number of rotatable bonds is 7. The molecule has 0 aromatic heterocycles. The minimum atomic E-state index is -3.40. The van der Waals surface area contributed by atoms with Crippen LogP contribution in [0, 0.1) is 17.6 Å². The number of piperidine rings is 1. The zero-order chi connectivity index (χ0) is 27.7. The van der Waals surface area contributed by atoms with Crippen LogP contribution in [-0.2, 0) is 14.8 Å². The van der Waals surface area contributed by atoms with Crippen LogP contribution >= 0.6 is 11.6 Å². The van der Waals surface area contributed by atoms with Gasteiger partial charge in [0.15, 0.2) is 5.78 Å². The van der Waals surface area contributed by atoms with Crippen molar-refractivity contribution in [3.05, 3.63) is 64.7 Å². The number of hydrogen-bond acceptors (Lipinski definition) is 6. The summed E-state index contributed by atoms with van der Waals surface area (Å²) in [6.07, 6.45) is 0.913. The predicted molar refractivity (Wildman–Crippen MR) is 139 cm³/mol. The van der Waals surface area contributed by atoms with E-state index < -0.39 is 45.1 Å². The predicted octanol–water partition coefficient (Wildman–Crippen LogP) is 3.81. The van der Waals surface area contributed by atoms with Gasteiger partial charge in [-0.25, -0.2) is 26.3 Å². The van der Waals surface area contributed by atoms with Crippen LogP contribution in [0.4, 0.5) is 13.6 Å². The number of sulfonamides is 1. The minimum absolute atomic E-state index is 0.0622. The molecule has 8 nitrogen and oxygen atoms in total. The first-order valence-corrected chi connectivity index (χ1v) is 14.6. The Morgan fingerprint density at radius 3 is 2.39 bits per heavy atom. The summed E-state index contributed by atoms with van der Waals surface area (Å²) in [6.45, 7) is 2.57. The second-order valence-electron chi connectivity index (χ2n) is 9.65. The Labute approximate surface area is 225 Å². The number of benzene rings is 2. The molecule has 2 aliphatic heterocycles. The van der Waals surface area contributed by atoms with E-state index in [9.17, 15) is 26.8 Å². The average molecular weight is 570 g/mol. The molecule has 0 radical (unpaired) electrons. The Bertz CT molecular complexity index is 1300. The van der Waals surface area contributed by atoms with Gasteiger partial charge in [-0.15, -0.1) is 0 Å². The molecule has 0 saturated carbocycles. The molecule has 1 amide bonds. The first-order valence-electron chi connectivity index (χ1n) is 12.4. The normalized spacial score (nSPS) is 22.8. The maximum Gasteiger partial charge on any atom is 0.416 e. The Kier molecular flexibility index (Phi) is 8.41. The third kappa shape index (κ3) is 5.56. The highest BCUT2D eigenvalue weighted by atomic mass is 35.5. The number of ether oxygens (including phenoxy) is 1. The number of halogens is 3. The van der Waals surface area contributed by atoms with Crippen molar-refractivity contribution >= 4 is 33.5 Å². The van der Waals surface area contributed by atoms with E-state index in [1.165, 1.54) is 33.5 Å². The fraction of sp³-hybridized carbons (Fsp3) is 0.462. The third-order valence-electron chi connectivity index (χ3n) is 7.42. The van der Waals surface area contributed by atoms with Crippen LogP contribution in [0.5, 0.6) is 5.75 Å². The highest BCUT2D eigenvalue weighted by molar-refractivity contribution is 7.88. The average Bonchev–Trinajstić information content (AvgIpc) is 3.32. The molecule has 1 N–H and O–H groups in total. The fourth-order valence-corrected chi connectivity index (χ4v) is 6.52. The molecular formula is C26H30ClF2N3O5S. The van der Waals surface area contributed by atoms with E-state index in [1.807, 2.05) is 0 Å². The van der Waals surface area contributed by atoms with Gasteiger partial charge in [0.2, 0.25) is 10.0 Å². The highest BCUT2D eigenvalue weighted by Gasteiger charge is 2.57. The molecule has 2 saturated heterocycles. The number of likely N-dealkylation sites (N-methyl/N-ethyl adjacent to an activating group) is 1. The molecule has 0 aliphatic carbocycles. The van der Waals surface area contributed by atoms with Crippen molar-refractivity contribution in [2.24, 2.45) is 5.92 Å². The highest BCUT2D eigenvalue weighted by Crippen LogP contribution is 2.42. The van der Waals surface area contributed by atoms with Gasteiger partial charge >= 0.3 is 6.09 Å². The summed E-state index contributed by atoms with van der Waals surface area (Å²) in [4.78, 5) is 29.3. The van der Waals surface area contributed by atoms with Crippen molar-refractivity contribution in [1.82, 2.24) is 14.5 Å². The number of amides is 1. The van der Waals surface area contributed by atoms with Gasteiger partial charge in [0, 0.05) is 44.6 Å². The molecule has 0 unspecified atom stereocenters. The molecule has 2 fully saturated rings. The van der Waals surface area contributed by atoms with Crippen LogP contribution in [0.1, 0.15) is 31.2 Å². The molecular weight excluding hydrogens is 540 g/mol. The lowest BCUT2D eigenvalue weighted by molar-refractivity contribution is -0.135. The number of nitrogens with one attached hydrogen (secondary N) is 1. The molecule has 2 atom stereocenters. The van der Waals surface area contributed by atoms with Gasteiger partial charge in [-0.3, -0.25) is 9.69 Å². The van der Waals surface area contributed by atoms with Crippen molar-refractivity contribution < 1.29 is 31.5 Å². The van der Waals surface area contributed by atoms with Crippen molar-refractivity contribution in [2.45, 2.75) is 31.2 Å². The maximum absolute atomic E-state index is 14.5. The summed E-state index contributed by atoms with van der Waals surface area (Å²) in [6, 6.07) is 9.27. The molecule has 2 heterocycles. The quantitative estimate of drug-likeness (QED) is 0.545. The Morgan fingerprint density at radius 1 is 1.16 bits per heavy atom. The first kappa shape index (κ1) is 28.4. The molecule has 4 rings (SSSR count). The molecule has 38 heavy (non-hydrogen) atoms. The van der Waals surface area contributed by atoms with Gasteiger partial charge in [-0.2, -0.15) is 0 Å². The summed E-state index contributed by atoms with van der Waals surface area (Å²) in [7, 11) is -3.40. The zero-order valence-electron chi connectivity index (χ0n) is 21.1. The number of nitrogens with zero attached hydrogens (tertiary/aromatic N) is 2. The number of carbonyl (C=O) groups is 2. The van der Waals surface area contributed by atoms with Gasteiger partial charge in [0.05, 0.1) is 11.3 Å². The molecule has 2 aromatic rings. The van der Waals surface area contributed by atoms with E-state index in [-0.39, 0.29) is 49.3 Å². The largest absolute Gasteiger partial charge is 0.416 e. The van der Waals surface area contributed by atoms with Crippen molar-refractivity contribution in [3.63, 3.8) is 0 Å². The summed E-state index contributed by atoms with van der Waals surface area (Å²) in [5.41, 5.74) is -0.948. The Balaban J connectivity index is 1.73. The van der Waals surface area contributed by atoms with Crippen LogP contribution in [0.3, 0.4) is 0 Å². The number of Topliss-reactive ketones (excluding diaryl/α,β-unsaturated/α-hetero) is 1. The van der Waals surface area contributed by atoms with Gasteiger partial charge in [0.25, 0.3) is 0 Å². The van der Waals surface area contributed by atoms with Crippen molar-refractivity contribution in [2.75, 3.05) is 39.0 Å². The van der Waals surface area contributed by atoms with Crippen LogP contribution in [0.2, 0.25) is 5.02 Å². The van der Waals surface area contributed by atoms with Gasteiger partial charge < -0.3 is 10.1 Å². The Morgan fingerprint density at radius 2 is 1.82 bits per heavy atom. The fourth-order valence-electron chi connectivity index (χ4n) is 5.53. The first-order chi connectivity index (χ1) is 18.0. The lowest BCUT2D eigenvalue weighted by atomic mass is 9.72. The molecule has 206 valence electrons. The minimum Gasteiger partial charge on any atom is -0.410 e. The Hall–Kier alpha value is -2.60. The summed E-state index contributed by atoms with van der Waals surface area (Å²) >= 11 is 5.91. The van der Waals surface area contributed by atoms with Crippen LogP contribution < -0.4 is 10.1 Å². The summed E-state index contributed by atoms with van der Waals surface area (Å²) < 4.78 is 58.8. The summed E-state index contributed by atoms with van der Waals surface area (Å²) in [5, 5.41) is 3.15. The van der Waals surface area contributed by atoms with E-state index >= 15 is 0 Å². The number of hydrogen-bond donors (Lipinski definition) is 1. The van der Waals surface area contributed by atoms with Gasteiger partial charge in [-0.1, -0.05) is 17.7 Å². The van der Waals surface area contributed by atoms with Gasteiger partial charge in [-0.05, 0) is 61.7 Å². The van der Waals surface area contributed by atoms with E-state index in [0.717, 1.165) is 18.4 Å². The third-order valence-corrected chi connectivity index (χ3v) is 9.03. The molecule has 0 bridgehead atoms. The lowest BCUT2D eigenvalue weighted by Gasteiger charge is -2.45. The standard InChI is InChI=1S/C26H30ClF2N3O5S/c1-3-32(25(34)37-20-7-5-19(28)6-8-20)26(24(33)17-10-12-31(13-11-17)38(2,35)36)16-30-15-21(26)18-4-9-22(27)23(29)14-18/h4-9,14,17,21,30H,3,10-13,15-16H2,1-2H3/t21-,26+/m0/s1. The second kappa shape index (κ2) is 11.3.